The van der Waals surface area contributed by atoms with Crippen LogP contribution in [0.4, 0.5) is 10.1 Å². The first-order valence-electron chi connectivity index (χ1n) is 8.70. The van der Waals surface area contributed by atoms with Crippen LogP contribution in [0.15, 0.2) is 58.2 Å². The molecule has 0 N–H and O–H groups in total. The van der Waals surface area contributed by atoms with E-state index in [-0.39, 0.29) is 23.0 Å². The Morgan fingerprint density at radius 1 is 1.22 bits per heavy atom. The van der Waals surface area contributed by atoms with Crippen molar-refractivity contribution in [1.29, 1.82) is 0 Å². The summed E-state index contributed by atoms with van der Waals surface area (Å²) in [6, 6.07) is 13.9. The zero-order valence-electron chi connectivity index (χ0n) is 14.9. The van der Waals surface area contributed by atoms with Crippen molar-refractivity contribution in [3.05, 3.63) is 59.9 Å². The number of thioether (sulfide) groups is 1. The molecule has 5 nitrogen and oxygen atoms in total. The van der Waals surface area contributed by atoms with E-state index in [4.69, 9.17) is 4.42 Å². The number of fused-ring (bicyclic) bond motifs is 1. The first-order valence-corrected chi connectivity index (χ1v) is 9.58. The Balaban J connectivity index is 1.49. The lowest BCUT2D eigenvalue weighted by atomic mass is 10.1. The Morgan fingerprint density at radius 3 is 2.74 bits per heavy atom. The van der Waals surface area contributed by atoms with Crippen LogP contribution in [0.1, 0.15) is 19.4 Å². The maximum Gasteiger partial charge on any atom is 0.277 e. The molecule has 0 bridgehead atoms. The molecule has 27 heavy (non-hydrogen) atoms. The van der Waals surface area contributed by atoms with E-state index in [9.17, 15) is 9.18 Å². The molecule has 2 aromatic carbocycles. The highest BCUT2D eigenvalue weighted by Gasteiger charge is 2.34. The smallest absolute Gasteiger partial charge is 0.277 e. The second kappa shape index (κ2) is 7.15. The second-order valence-electron chi connectivity index (χ2n) is 6.53. The maximum atomic E-state index is 13.0. The Kier molecular flexibility index (Phi) is 4.70. The van der Waals surface area contributed by atoms with Crippen molar-refractivity contribution < 1.29 is 13.6 Å². The first kappa shape index (κ1) is 17.7. The van der Waals surface area contributed by atoms with E-state index in [1.54, 1.807) is 12.1 Å². The topological polar surface area (TPSA) is 59.2 Å². The number of anilines is 1. The summed E-state index contributed by atoms with van der Waals surface area (Å²) in [5.74, 6) is -0.0110. The average molecular weight is 383 g/mol. The number of amides is 1. The van der Waals surface area contributed by atoms with E-state index < -0.39 is 0 Å². The molecule has 138 valence electrons. The summed E-state index contributed by atoms with van der Waals surface area (Å²) < 4.78 is 18.7. The fourth-order valence-electron chi connectivity index (χ4n) is 3.27. The maximum absolute atomic E-state index is 13.0. The Hall–Kier alpha value is -2.67. The molecule has 2 heterocycles. The Morgan fingerprint density at radius 2 is 1.96 bits per heavy atom. The Labute approximate surface area is 160 Å². The van der Waals surface area contributed by atoms with Crippen molar-refractivity contribution >= 4 is 23.4 Å². The van der Waals surface area contributed by atoms with Crippen molar-refractivity contribution in [3.63, 3.8) is 0 Å². The fourth-order valence-corrected chi connectivity index (χ4v) is 4.00. The zero-order valence-corrected chi connectivity index (χ0v) is 15.7. The zero-order chi connectivity index (χ0) is 19.0. The molecule has 1 aliphatic rings. The SMILES string of the molecule is C[C@@H]1Cc2ccccc2N1C(=O)[C@@H](C)Sc1nnc(-c2ccc(F)cc2)o1. The molecule has 1 aliphatic heterocycles. The van der Waals surface area contributed by atoms with E-state index in [0.29, 0.717) is 16.7 Å². The quantitative estimate of drug-likeness (QED) is 0.628. The lowest BCUT2D eigenvalue weighted by Crippen LogP contribution is -2.40. The van der Waals surface area contributed by atoms with E-state index in [2.05, 4.69) is 23.2 Å². The number of nitrogens with zero attached hydrogens (tertiary/aromatic N) is 3. The highest BCUT2D eigenvalue weighted by Crippen LogP contribution is 2.35. The summed E-state index contributed by atoms with van der Waals surface area (Å²) in [6.45, 7) is 3.89. The molecular formula is C20H18FN3O2S. The summed E-state index contributed by atoms with van der Waals surface area (Å²) in [6.07, 6.45) is 0.856. The molecular weight excluding hydrogens is 365 g/mol. The van der Waals surface area contributed by atoms with Crippen molar-refractivity contribution in [1.82, 2.24) is 10.2 Å². The highest BCUT2D eigenvalue weighted by atomic mass is 32.2. The molecule has 0 saturated heterocycles. The van der Waals surface area contributed by atoms with Crippen LogP contribution in [0.5, 0.6) is 0 Å². The van der Waals surface area contributed by atoms with Crippen LogP contribution < -0.4 is 4.90 Å². The van der Waals surface area contributed by atoms with Gasteiger partial charge in [-0.3, -0.25) is 4.79 Å². The average Bonchev–Trinajstić information content (AvgIpc) is 3.25. The molecule has 3 aromatic rings. The normalized spacial score (nSPS) is 17.0. The third kappa shape index (κ3) is 3.47. The molecule has 0 radical (unpaired) electrons. The molecule has 0 fully saturated rings. The van der Waals surface area contributed by atoms with Crippen LogP contribution >= 0.6 is 11.8 Å². The predicted molar refractivity (Wildman–Crippen MR) is 102 cm³/mol. The number of benzene rings is 2. The molecule has 0 saturated carbocycles. The minimum absolute atomic E-state index is 0.0129. The largest absolute Gasteiger partial charge is 0.411 e. The Bertz CT molecular complexity index is 973. The van der Waals surface area contributed by atoms with Gasteiger partial charge in [0.2, 0.25) is 11.8 Å². The third-order valence-electron chi connectivity index (χ3n) is 4.57. The standard InChI is InChI=1S/C20H18FN3O2S/c1-12-11-15-5-3-4-6-17(15)24(12)19(25)13(2)27-20-23-22-18(26-20)14-7-9-16(21)10-8-14/h3-10,12-13H,11H2,1-2H3/t12-,13-/m1/s1. The van der Waals surface area contributed by atoms with Crippen molar-refractivity contribution in [2.75, 3.05) is 4.90 Å². The van der Waals surface area contributed by atoms with Crippen LogP contribution in [0.2, 0.25) is 0 Å². The third-order valence-corrected chi connectivity index (χ3v) is 5.49. The van der Waals surface area contributed by atoms with Gasteiger partial charge < -0.3 is 9.32 Å². The lowest BCUT2D eigenvalue weighted by Gasteiger charge is -2.25. The van der Waals surface area contributed by atoms with Gasteiger partial charge in [0.1, 0.15) is 5.82 Å². The van der Waals surface area contributed by atoms with Gasteiger partial charge in [-0.25, -0.2) is 4.39 Å². The van der Waals surface area contributed by atoms with E-state index in [1.165, 1.54) is 29.5 Å². The number of halogens is 1. The molecule has 1 aromatic heterocycles. The van der Waals surface area contributed by atoms with Gasteiger partial charge in [0.25, 0.3) is 5.22 Å². The van der Waals surface area contributed by atoms with Crippen LogP contribution in [0.25, 0.3) is 11.5 Å². The van der Waals surface area contributed by atoms with Gasteiger partial charge in [-0.1, -0.05) is 30.0 Å². The summed E-state index contributed by atoms with van der Waals surface area (Å²) in [4.78, 5) is 14.9. The van der Waals surface area contributed by atoms with Gasteiger partial charge in [-0.15, -0.1) is 10.2 Å². The van der Waals surface area contributed by atoms with Crippen molar-refractivity contribution in [3.8, 4) is 11.5 Å². The van der Waals surface area contributed by atoms with E-state index >= 15 is 0 Å². The summed E-state index contributed by atoms with van der Waals surface area (Å²) in [5.41, 5.74) is 2.80. The number of para-hydroxylation sites is 1. The molecule has 0 unspecified atom stereocenters. The fraction of sp³-hybridized carbons (Fsp3) is 0.250. The lowest BCUT2D eigenvalue weighted by molar-refractivity contribution is -0.118. The van der Waals surface area contributed by atoms with Crippen molar-refractivity contribution in [2.24, 2.45) is 0 Å². The molecule has 2 atom stereocenters. The van der Waals surface area contributed by atoms with Gasteiger partial charge >= 0.3 is 0 Å². The highest BCUT2D eigenvalue weighted by molar-refractivity contribution is 8.00. The van der Waals surface area contributed by atoms with Crippen LogP contribution in [-0.2, 0) is 11.2 Å². The van der Waals surface area contributed by atoms with Crippen LogP contribution in [0.3, 0.4) is 0 Å². The first-order chi connectivity index (χ1) is 13.0. The van der Waals surface area contributed by atoms with Crippen LogP contribution in [0, 0.1) is 5.82 Å². The van der Waals surface area contributed by atoms with Gasteiger partial charge in [0, 0.05) is 17.3 Å². The minimum atomic E-state index is -0.375. The molecule has 1 amide bonds. The van der Waals surface area contributed by atoms with E-state index in [0.717, 1.165) is 12.1 Å². The van der Waals surface area contributed by atoms with Gasteiger partial charge in [0.05, 0.1) is 5.25 Å². The van der Waals surface area contributed by atoms with Crippen molar-refractivity contribution in [2.45, 2.75) is 36.8 Å². The molecule has 4 rings (SSSR count). The van der Waals surface area contributed by atoms with Gasteiger partial charge in [-0.05, 0) is 56.2 Å². The molecule has 0 aliphatic carbocycles. The summed E-state index contributed by atoms with van der Waals surface area (Å²) >= 11 is 1.23. The summed E-state index contributed by atoms with van der Waals surface area (Å²) in [5, 5.41) is 7.94. The predicted octanol–water partition coefficient (Wildman–Crippen LogP) is 4.33. The van der Waals surface area contributed by atoms with Gasteiger partial charge in [0.15, 0.2) is 0 Å². The van der Waals surface area contributed by atoms with Gasteiger partial charge in [-0.2, -0.15) is 0 Å². The molecule has 7 heteroatoms. The van der Waals surface area contributed by atoms with E-state index in [1.807, 2.05) is 30.0 Å². The number of rotatable bonds is 4. The summed E-state index contributed by atoms with van der Waals surface area (Å²) in [7, 11) is 0. The van der Waals surface area contributed by atoms with Crippen LogP contribution in [-0.4, -0.2) is 27.4 Å². The monoisotopic (exact) mass is 383 g/mol. The number of aromatic nitrogens is 2. The number of hydrogen-bond acceptors (Lipinski definition) is 5. The number of hydrogen-bond donors (Lipinski definition) is 0. The number of carbonyl (C=O) groups excluding carboxylic acids is 1. The second-order valence-corrected chi connectivity index (χ2v) is 7.82. The molecule has 0 spiro atoms. The number of carbonyl (C=O) groups is 1. The minimum Gasteiger partial charge on any atom is -0.411 e.